The molecule has 0 saturated carbocycles. The lowest BCUT2D eigenvalue weighted by atomic mass is 10.1. The SMILES string of the molecule is CCNC(=O)c1cccc(NC(=O)CN[C@H](C)c2ccc(Cl)cc2Cl)c1. The Hall–Kier alpha value is -2.08. The van der Waals surface area contributed by atoms with Gasteiger partial charge >= 0.3 is 0 Å². The van der Waals surface area contributed by atoms with E-state index in [0.29, 0.717) is 27.8 Å². The summed E-state index contributed by atoms with van der Waals surface area (Å²) in [7, 11) is 0. The molecule has 2 amide bonds. The van der Waals surface area contributed by atoms with Crippen LogP contribution in [-0.2, 0) is 4.79 Å². The summed E-state index contributed by atoms with van der Waals surface area (Å²) >= 11 is 12.1. The first-order valence-corrected chi connectivity index (χ1v) is 9.02. The zero-order valence-electron chi connectivity index (χ0n) is 14.6. The third-order valence-electron chi connectivity index (χ3n) is 3.74. The number of hydrogen-bond donors (Lipinski definition) is 3. The number of halogens is 2. The van der Waals surface area contributed by atoms with Crippen molar-refractivity contribution in [2.24, 2.45) is 0 Å². The highest BCUT2D eigenvalue weighted by molar-refractivity contribution is 6.35. The first-order valence-electron chi connectivity index (χ1n) is 8.27. The van der Waals surface area contributed by atoms with Gasteiger partial charge in [-0.1, -0.05) is 35.3 Å². The number of carbonyl (C=O) groups is 2. The summed E-state index contributed by atoms with van der Waals surface area (Å²) in [6.07, 6.45) is 0. The van der Waals surface area contributed by atoms with E-state index in [9.17, 15) is 9.59 Å². The highest BCUT2D eigenvalue weighted by atomic mass is 35.5. The van der Waals surface area contributed by atoms with Crippen LogP contribution in [0.25, 0.3) is 0 Å². The fourth-order valence-corrected chi connectivity index (χ4v) is 2.99. The standard InChI is InChI=1S/C19H21Cl2N3O2/c1-3-22-19(26)13-5-4-6-15(9-13)24-18(25)11-23-12(2)16-8-7-14(20)10-17(16)21/h4-10,12,23H,3,11H2,1-2H3,(H,22,26)(H,24,25)/t12-/m1/s1. The van der Waals surface area contributed by atoms with E-state index in [1.807, 2.05) is 19.9 Å². The van der Waals surface area contributed by atoms with Crippen molar-refractivity contribution in [1.29, 1.82) is 0 Å². The molecular formula is C19H21Cl2N3O2. The van der Waals surface area contributed by atoms with Gasteiger partial charge in [-0.05, 0) is 49.7 Å². The van der Waals surface area contributed by atoms with Gasteiger partial charge < -0.3 is 16.0 Å². The molecule has 0 aromatic heterocycles. The molecule has 2 aromatic carbocycles. The van der Waals surface area contributed by atoms with Gasteiger partial charge in [0, 0.05) is 33.9 Å². The van der Waals surface area contributed by atoms with Crippen LogP contribution in [0.5, 0.6) is 0 Å². The maximum Gasteiger partial charge on any atom is 0.251 e. The molecule has 0 heterocycles. The molecule has 0 aliphatic carbocycles. The number of anilines is 1. The molecule has 2 rings (SSSR count). The van der Waals surface area contributed by atoms with Crippen LogP contribution < -0.4 is 16.0 Å². The van der Waals surface area contributed by atoms with Gasteiger partial charge in [-0.2, -0.15) is 0 Å². The first kappa shape index (κ1) is 20.2. The second-order valence-electron chi connectivity index (χ2n) is 5.76. The van der Waals surface area contributed by atoms with E-state index in [1.54, 1.807) is 36.4 Å². The third-order valence-corrected chi connectivity index (χ3v) is 4.31. The molecule has 0 unspecified atom stereocenters. The molecule has 0 spiro atoms. The van der Waals surface area contributed by atoms with Crippen LogP contribution in [-0.4, -0.2) is 24.9 Å². The highest BCUT2D eigenvalue weighted by Crippen LogP contribution is 2.25. The van der Waals surface area contributed by atoms with Gasteiger partial charge in [0.25, 0.3) is 5.91 Å². The molecule has 5 nitrogen and oxygen atoms in total. The van der Waals surface area contributed by atoms with Crippen molar-refractivity contribution in [2.45, 2.75) is 19.9 Å². The van der Waals surface area contributed by atoms with Crippen molar-refractivity contribution >= 4 is 40.7 Å². The summed E-state index contributed by atoms with van der Waals surface area (Å²) in [6.45, 7) is 4.41. The molecule has 3 N–H and O–H groups in total. The fraction of sp³-hybridized carbons (Fsp3) is 0.263. The number of nitrogens with one attached hydrogen (secondary N) is 3. The lowest BCUT2D eigenvalue weighted by Crippen LogP contribution is -2.30. The Balaban J connectivity index is 1.92. The molecule has 1 atom stereocenters. The van der Waals surface area contributed by atoms with Gasteiger partial charge in [0.2, 0.25) is 5.91 Å². The van der Waals surface area contributed by atoms with E-state index in [0.717, 1.165) is 5.56 Å². The van der Waals surface area contributed by atoms with Crippen molar-refractivity contribution < 1.29 is 9.59 Å². The summed E-state index contributed by atoms with van der Waals surface area (Å²) in [5, 5.41) is 9.73. The normalized spacial score (nSPS) is 11.7. The van der Waals surface area contributed by atoms with E-state index in [-0.39, 0.29) is 24.4 Å². The van der Waals surface area contributed by atoms with Gasteiger partial charge in [0.15, 0.2) is 0 Å². The monoisotopic (exact) mass is 393 g/mol. The maximum absolute atomic E-state index is 12.2. The third kappa shape index (κ3) is 5.73. The molecular weight excluding hydrogens is 373 g/mol. The summed E-state index contributed by atoms with van der Waals surface area (Å²) in [5.74, 6) is -0.386. The molecule has 2 aromatic rings. The summed E-state index contributed by atoms with van der Waals surface area (Å²) in [6, 6.07) is 11.9. The summed E-state index contributed by atoms with van der Waals surface area (Å²) in [5.41, 5.74) is 1.93. The fourth-order valence-electron chi connectivity index (χ4n) is 2.41. The minimum absolute atomic E-state index is 0.103. The Morgan fingerprint density at radius 2 is 1.88 bits per heavy atom. The van der Waals surface area contributed by atoms with Crippen molar-refractivity contribution in [3.63, 3.8) is 0 Å². The lowest BCUT2D eigenvalue weighted by Gasteiger charge is -2.16. The molecule has 7 heteroatoms. The Labute approximate surface area is 163 Å². The van der Waals surface area contributed by atoms with E-state index in [1.165, 1.54) is 0 Å². The Morgan fingerprint density at radius 1 is 1.12 bits per heavy atom. The van der Waals surface area contributed by atoms with Gasteiger partial charge in [0.1, 0.15) is 0 Å². The second kappa shape index (κ2) is 9.57. The van der Waals surface area contributed by atoms with Crippen LogP contribution in [0.1, 0.15) is 35.8 Å². The largest absolute Gasteiger partial charge is 0.352 e. The minimum atomic E-state index is -0.213. The van der Waals surface area contributed by atoms with Crippen molar-refractivity contribution in [2.75, 3.05) is 18.4 Å². The van der Waals surface area contributed by atoms with E-state index in [2.05, 4.69) is 16.0 Å². The zero-order valence-corrected chi connectivity index (χ0v) is 16.1. The van der Waals surface area contributed by atoms with Crippen LogP contribution in [0.15, 0.2) is 42.5 Å². The average Bonchev–Trinajstić information content (AvgIpc) is 2.60. The van der Waals surface area contributed by atoms with Crippen LogP contribution >= 0.6 is 23.2 Å². The number of rotatable bonds is 7. The highest BCUT2D eigenvalue weighted by Gasteiger charge is 2.12. The Bertz CT molecular complexity index is 796. The molecule has 138 valence electrons. The van der Waals surface area contributed by atoms with Crippen molar-refractivity contribution in [1.82, 2.24) is 10.6 Å². The van der Waals surface area contributed by atoms with Gasteiger partial charge in [0.05, 0.1) is 6.54 Å². The molecule has 0 radical (unpaired) electrons. The van der Waals surface area contributed by atoms with Gasteiger partial charge in [-0.25, -0.2) is 0 Å². The predicted octanol–water partition coefficient (Wildman–Crippen LogP) is 4.03. The summed E-state index contributed by atoms with van der Waals surface area (Å²) < 4.78 is 0. The van der Waals surface area contributed by atoms with Gasteiger partial charge in [-0.3, -0.25) is 9.59 Å². The van der Waals surface area contributed by atoms with Crippen molar-refractivity contribution in [3.05, 3.63) is 63.6 Å². The molecule has 0 aliphatic rings. The lowest BCUT2D eigenvalue weighted by molar-refractivity contribution is -0.115. The number of carbonyl (C=O) groups excluding carboxylic acids is 2. The number of benzene rings is 2. The maximum atomic E-state index is 12.2. The summed E-state index contributed by atoms with van der Waals surface area (Å²) in [4.78, 5) is 24.0. The number of hydrogen-bond acceptors (Lipinski definition) is 3. The van der Waals surface area contributed by atoms with Crippen LogP contribution in [0.3, 0.4) is 0 Å². The number of amides is 2. The molecule has 0 aliphatic heterocycles. The topological polar surface area (TPSA) is 70.2 Å². The van der Waals surface area contributed by atoms with E-state index < -0.39 is 0 Å². The Kier molecular flexibility index (Phi) is 7.45. The van der Waals surface area contributed by atoms with E-state index in [4.69, 9.17) is 23.2 Å². The average molecular weight is 394 g/mol. The minimum Gasteiger partial charge on any atom is -0.352 e. The second-order valence-corrected chi connectivity index (χ2v) is 6.60. The smallest absolute Gasteiger partial charge is 0.251 e. The van der Waals surface area contributed by atoms with E-state index >= 15 is 0 Å². The molecule has 0 bridgehead atoms. The first-order chi connectivity index (χ1) is 12.4. The quantitative estimate of drug-likeness (QED) is 0.664. The molecule has 26 heavy (non-hydrogen) atoms. The van der Waals surface area contributed by atoms with Gasteiger partial charge in [-0.15, -0.1) is 0 Å². The molecule has 0 saturated heterocycles. The predicted molar refractivity (Wildman–Crippen MR) is 106 cm³/mol. The van der Waals surface area contributed by atoms with Crippen LogP contribution in [0.2, 0.25) is 10.0 Å². The van der Waals surface area contributed by atoms with Crippen molar-refractivity contribution in [3.8, 4) is 0 Å². The molecule has 0 fully saturated rings. The van der Waals surface area contributed by atoms with Crippen LogP contribution in [0, 0.1) is 0 Å². The zero-order chi connectivity index (χ0) is 19.1. The van der Waals surface area contributed by atoms with Crippen LogP contribution in [0.4, 0.5) is 5.69 Å². The Morgan fingerprint density at radius 3 is 2.58 bits per heavy atom.